The van der Waals surface area contributed by atoms with E-state index < -0.39 is 29.0 Å². The highest BCUT2D eigenvalue weighted by atomic mass is 32.1. The van der Waals surface area contributed by atoms with Crippen molar-refractivity contribution in [1.82, 2.24) is 9.88 Å². The summed E-state index contributed by atoms with van der Waals surface area (Å²) < 4.78 is 54.8. The summed E-state index contributed by atoms with van der Waals surface area (Å²) in [5.41, 5.74) is 5.93. The Morgan fingerprint density at radius 2 is 1.85 bits per heavy atom. The Bertz CT molecular complexity index is 1400. The van der Waals surface area contributed by atoms with E-state index in [1.54, 1.807) is 62.7 Å². The first-order chi connectivity index (χ1) is 18.1. The smallest absolute Gasteiger partial charge is 0.462 e. The predicted molar refractivity (Wildman–Crippen MR) is 143 cm³/mol. The van der Waals surface area contributed by atoms with Gasteiger partial charge in [-0.1, -0.05) is 24.3 Å². The number of hydrogen-bond donors (Lipinski definition) is 4. The van der Waals surface area contributed by atoms with Crippen LogP contribution in [0.5, 0.6) is 5.75 Å². The molecule has 0 amide bonds. The van der Waals surface area contributed by atoms with Crippen molar-refractivity contribution in [2.45, 2.75) is 46.1 Å². The van der Waals surface area contributed by atoms with E-state index >= 15 is 0 Å². The zero-order chi connectivity index (χ0) is 29.0. The number of nitrogens with one attached hydrogen (secondary N) is 3. The van der Waals surface area contributed by atoms with Gasteiger partial charge >= 0.3 is 12.3 Å². The number of esters is 1. The van der Waals surface area contributed by atoms with Crippen LogP contribution in [-0.4, -0.2) is 28.6 Å². The summed E-state index contributed by atoms with van der Waals surface area (Å²) in [6.07, 6.45) is -1.90. The monoisotopic (exact) mass is 565 g/mol. The first-order valence-electron chi connectivity index (χ1n) is 11.8. The van der Waals surface area contributed by atoms with E-state index in [0.717, 1.165) is 0 Å². The molecule has 1 unspecified atom stereocenters. The summed E-state index contributed by atoms with van der Waals surface area (Å²) in [5.74, 6) is -0.943. The topological polar surface area (TPSA) is 128 Å². The second-order valence-corrected chi connectivity index (χ2v) is 10.4. The number of hydrogen-bond acceptors (Lipinski definition) is 7. The Labute approximate surface area is 228 Å². The number of nitrogen functional groups attached to an aromatic ring is 1. The van der Waals surface area contributed by atoms with Crippen LogP contribution in [0, 0.1) is 10.8 Å². The Morgan fingerprint density at radius 3 is 2.46 bits per heavy atom. The molecule has 3 aromatic rings. The SMILES string of the molecule is CC(C)(C)C(=O)OCC(C)(NC(=S)Nc1c(N)cccc1Cn1ccoc1=N)c1cccc(OC(F)(F)F)c1. The Kier molecular flexibility index (Phi) is 8.64. The molecule has 210 valence electrons. The fourth-order valence-electron chi connectivity index (χ4n) is 3.57. The maximum absolute atomic E-state index is 12.9. The van der Waals surface area contributed by atoms with Crippen LogP contribution in [0.25, 0.3) is 0 Å². The highest BCUT2D eigenvalue weighted by Gasteiger charge is 2.35. The number of aromatic nitrogens is 1. The standard InChI is InChI=1S/C26H30F3N5O4S/c1-24(2,3)21(35)37-15-25(4,17-8-6-9-18(13-17)38-26(27,28)29)33-23(39)32-20-16(7-5-10-19(20)30)14-34-11-12-36-22(34)31/h5-13,31H,14-15,30H2,1-4H3,(H2,32,33,39). The van der Waals surface area contributed by atoms with E-state index in [0.29, 0.717) is 22.5 Å². The summed E-state index contributed by atoms with van der Waals surface area (Å²) >= 11 is 5.56. The Balaban J connectivity index is 1.91. The molecular formula is C26H30F3N5O4S. The number of carbonyl (C=O) groups excluding carboxylic acids is 1. The first-order valence-corrected chi connectivity index (χ1v) is 12.2. The minimum Gasteiger partial charge on any atom is -0.462 e. The highest BCUT2D eigenvalue weighted by Crippen LogP contribution is 2.30. The number of anilines is 2. The number of benzene rings is 2. The van der Waals surface area contributed by atoms with Gasteiger partial charge in [0.1, 0.15) is 18.6 Å². The first kappa shape index (κ1) is 29.6. The molecule has 9 nitrogen and oxygen atoms in total. The van der Waals surface area contributed by atoms with Crippen LogP contribution in [0.1, 0.15) is 38.8 Å². The molecule has 0 bridgehead atoms. The second-order valence-electron chi connectivity index (χ2n) is 10.0. The molecule has 3 rings (SSSR count). The van der Waals surface area contributed by atoms with Crippen molar-refractivity contribution in [2.24, 2.45) is 5.41 Å². The van der Waals surface area contributed by atoms with Crippen molar-refractivity contribution in [1.29, 1.82) is 5.41 Å². The van der Waals surface area contributed by atoms with Gasteiger partial charge in [0.05, 0.1) is 28.9 Å². The van der Waals surface area contributed by atoms with Gasteiger partial charge in [-0.25, -0.2) is 0 Å². The van der Waals surface area contributed by atoms with Gasteiger partial charge in [0.2, 0.25) is 0 Å². The molecule has 1 heterocycles. The lowest BCUT2D eigenvalue weighted by Crippen LogP contribution is -2.49. The Morgan fingerprint density at radius 1 is 1.15 bits per heavy atom. The molecule has 39 heavy (non-hydrogen) atoms. The third kappa shape index (κ3) is 7.99. The van der Waals surface area contributed by atoms with Crippen molar-refractivity contribution >= 4 is 34.7 Å². The van der Waals surface area contributed by atoms with Crippen LogP contribution < -0.4 is 26.8 Å². The molecule has 0 saturated carbocycles. The van der Waals surface area contributed by atoms with E-state index in [1.165, 1.54) is 24.5 Å². The second kappa shape index (κ2) is 11.4. The predicted octanol–water partition coefficient (Wildman–Crippen LogP) is 4.88. The molecule has 2 aromatic carbocycles. The van der Waals surface area contributed by atoms with Gasteiger partial charge in [0.15, 0.2) is 5.11 Å². The van der Waals surface area contributed by atoms with Gasteiger partial charge < -0.3 is 30.3 Å². The summed E-state index contributed by atoms with van der Waals surface area (Å²) in [7, 11) is 0. The van der Waals surface area contributed by atoms with Gasteiger partial charge in [0.25, 0.3) is 5.68 Å². The molecule has 0 saturated heterocycles. The molecule has 5 N–H and O–H groups in total. The number of carbonyl (C=O) groups is 1. The molecule has 1 aromatic heterocycles. The summed E-state index contributed by atoms with van der Waals surface area (Å²) in [6.45, 7) is 6.68. The molecule has 13 heteroatoms. The molecule has 0 fully saturated rings. The maximum atomic E-state index is 12.9. The zero-order valence-electron chi connectivity index (χ0n) is 21.8. The average Bonchev–Trinajstić information content (AvgIpc) is 3.22. The van der Waals surface area contributed by atoms with E-state index in [2.05, 4.69) is 15.4 Å². The third-order valence-corrected chi connectivity index (χ3v) is 5.85. The molecule has 0 aliphatic carbocycles. The van der Waals surface area contributed by atoms with E-state index in [4.69, 9.17) is 32.5 Å². The minimum absolute atomic E-state index is 0.0572. The van der Waals surface area contributed by atoms with Gasteiger partial charge in [0, 0.05) is 6.20 Å². The number of nitrogens with zero attached hydrogens (tertiary/aromatic N) is 1. The number of para-hydroxylation sites is 1. The number of ether oxygens (including phenoxy) is 2. The molecular weight excluding hydrogens is 535 g/mol. The number of nitrogens with two attached hydrogens (primary N) is 1. The number of thiocarbonyl (C=S) groups is 1. The normalized spacial score (nSPS) is 13.3. The number of alkyl halides is 3. The fourth-order valence-corrected chi connectivity index (χ4v) is 3.89. The van der Waals surface area contributed by atoms with E-state index in [-0.39, 0.29) is 23.9 Å². The summed E-state index contributed by atoms with van der Waals surface area (Å²) in [6, 6.07) is 10.5. The van der Waals surface area contributed by atoms with Crippen LogP contribution in [0.3, 0.4) is 0 Å². The van der Waals surface area contributed by atoms with Crippen LogP contribution in [0.2, 0.25) is 0 Å². The number of rotatable bonds is 8. The lowest BCUT2D eigenvalue weighted by molar-refractivity contribution is -0.274. The van der Waals surface area contributed by atoms with Crippen LogP contribution >= 0.6 is 12.2 Å². The largest absolute Gasteiger partial charge is 0.573 e. The fraction of sp³-hybridized carbons (Fsp3) is 0.346. The van der Waals surface area contributed by atoms with Gasteiger partial charge in [-0.3, -0.25) is 14.8 Å². The molecule has 0 radical (unpaired) electrons. The van der Waals surface area contributed by atoms with Crippen molar-refractivity contribution in [3.8, 4) is 5.75 Å². The average molecular weight is 566 g/mol. The lowest BCUT2D eigenvalue weighted by Gasteiger charge is -2.33. The van der Waals surface area contributed by atoms with Gasteiger partial charge in [-0.05, 0) is 69.2 Å². The van der Waals surface area contributed by atoms with Crippen molar-refractivity contribution in [3.05, 3.63) is 71.7 Å². The van der Waals surface area contributed by atoms with Crippen LogP contribution in [0.15, 0.2) is 59.3 Å². The van der Waals surface area contributed by atoms with E-state index in [9.17, 15) is 18.0 Å². The molecule has 1 atom stereocenters. The lowest BCUT2D eigenvalue weighted by atomic mass is 9.92. The molecule has 0 aliphatic rings. The van der Waals surface area contributed by atoms with Crippen LogP contribution in [0.4, 0.5) is 24.5 Å². The summed E-state index contributed by atoms with van der Waals surface area (Å²) in [4.78, 5) is 12.5. The highest BCUT2D eigenvalue weighted by molar-refractivity contribution is 7.80. The molecule has 0 spiro atoms. The van der Waals surface area contributed by atoms with Gasteiger partial charge in [-0.15, -0.1) is 13.2 Å². The maximum Gasteiger partial charge on any atom is 0.573 e. The zero-order valence-corrected chi connectivity index (χ0v) is 22.6. The quantitative estimate of drug-likeness (QED) is 0.173. The van der Waals surface area contributed by atoms with Gasteiger partial charge in [-0.2, -0.15) is 0 Å². The minimum atomic E-state index is -4.88. The van der Waals surface area contributed by atoms with E-state index in [1.807, 2.05) is 0 Å². The van der Waals surface area contributed by atoms with Crippen molar-refractivity contribution < 1.29 is 31.9 Å². The summed E-state index contributed by atoms with van der Waals surface area (Å²) in [5, 5.41) is 14.0. The number of halogens is 3. The van der Waals surface area contributed by atoms with Crippen molar-refractivity contribution in [2.75, 3.05) is 17.7 Å². The number of oxazole rings is 1. The van der Waals surface area contributed by atoms with Crippen LogP contribution in [-0.2, 0) is 21.6 Å². The van der Waals surface area contributed by atoms with Crippen molar-refractivity contribution in [3.63, 3.8) is 0 Å². The Hall–Kier alpha value is -4.00. The molecule has 0 aliphatic heterocycles. The third-order valence-electron chi connectivity index (χ3n) is 5.64.